The number of nitrogens with zero attached hydrogens (tertiary/aromatic N) is 2. The summed E-state index contributed by atoms with van der Waals surface area (Å²) in [4.78, 5) is 16.9. The second-order valence-corrected chi connectivity index (χ2v) is 7.36. The van der Waals surface area contributed by atoms with Crippen LogP contribution in [0.3, 0.4) is 0 Å². The van der Waals surface area contributed by atoms with Gasteiger partial charge in [-0.05, 0) is 43.2 Å². The van der Waals surface area contributed by atoms with Gasteiger partial charge in [0.05, 0.1) is 6.10 Å². The van der Waals surface area contributed by atoms with Crippen LogP contribution in [0.4, 0.5) is 4.79 Å². The average Bonchev–Trinajstić information content (AvgIpc) is 3.45. The Balaban J connectivity index is 1.56. The van der Waals surface area contributed by atoms with Gasteiger partial charge in [0.2, 0.25) is 0 Å². The number of benzene rings is 1. The molecule has 2 fully saturated rings. The minimum absolute atomic E-state index is 0.0697. The van der Waals surface area contributed by atoms with Crippen molar-refractivity contribution in [3.05, 3.63) is 35.4 Å². The maximum Gasteiger partial charge on any atom is 0.317 e. The first kappa shape index (κ1) is 18.2. The summed E-state index contributed by atoms with van der Waals surface area (Å²) in [6.45, 7) is 6.31. The lowest BCUT2D eigenvalue weighted by Gasteiger charge is -2.30. The molecule has 1 aliphatic heterocycles. The van der Waals surface area contributed by atoms with Crippen LogP contribution in [0.15, 0.2) is 24.3 Å². The Hall–Kier alpha value is -1.59. The Labute approximate surface area is 151 Å². The molecule has 1 heterocycles. The van der Waals surface area contributed by atoms with Gasteiger partial charge in [0, 0.05) is 38.8 Å². The van der Waals surface area contributed by atoms with E-state index in [4.69, 9.17) is 0 Å². The molecule has 0 radical (unpaired) electrons. The fraction of sp³-hybridized carbons (Fsp3) is 0.650. The Morgan fingerprint density at radius 2 is 1.88 bits per heavy atom. The van der Waals surface area contributed by atoms with E-state index in [-0.39, 0.29) is 12.1 Å². The number of hydrogen-bond donors (Lipinski definition) is 2. The molecular formula is C20H31N3O2. The molecule has 2 amide bonds. The van der Waals surface area contributed by atoms with Gasteiger partial charge in [-0.1, -0.05) is 31.2 Å². The maximum absolute atomic E-state index is 12.5. The Morgan fingerprint density at radius 3 is 2.52 bits per heavy atom. The third kappa shape index (κ3) is 5.19. The van der Waals surface area contributed by atoms with Gasteiger partial charge >= 0.3 is 6.03 Å². The SMILES string of the molecule is CCCN(C(=O)NCc1ccccc1CN1CCC(O)CC1)C1CC1. The number of likely N-dealkylation sites (tertiary alicyclic amines) is 1. The molecule has 5 nitrogen and oxygen atoms in total. The molecule has 138 valence electrons. The number of carbonyl (C=O) groups excluding carboxylic acids is 1. The summed E-state index contributed by atoms with van der Waals surface area (Å²) in [5.74, 6) is 0. The molecule has 2 N–H and O–H groups in total. The second-order valence-electron chi connectivity index (χ2n) is 7.36. The van der Waals surface area contributed by atoms with Crippen LogP contribution in [0.2, 0.25) is 0 Å². The van der Waals surface area contributed by atoms with E-state index in [1.54, 1.807) is 0 Å². The van der Waals surface area contributed by atoms with Crippen LogP contribution in [0.25, 0.3) is 0 Å². The number of nitrogens with one attached hydrogen (secondary N) is 1. The molecule has 0 atom stereocenters. The van der Waals surface area contributed by atoms with E-state index in [9.17, 15) is 9.90 Å². The summed E-state index contributed by atoms with van der Waals surface area (Å²) in [7, 11) is 0. The minimum Gasteiger partial charge on any atom is -0.393 e. The molecule has 1 saturated heterocycles. The van der Waals surface area contributed by atoms with Crippen molar-refractivity contribution in [3.8, 4) is 0 Å². The predicted octanol–water partition coefficient (Wildman–Crippen LogP) is 2.73. The molecule has 5 heteroatoms. The molecule has 1 aromatic carbocycles. The van der Waals surface area contributed by atoms with E-state index in [0.717, 1.165) is 58.3 Å². The third-order valence-corrected chi connectivity index (χ3v) is 5.21. The monoisotopic (exact) mass is 345 g/mol. The zero-order valence-electron chi connectivity index (χ0n) is 15.3. The summed E-state index contributed by atoms with van der Waals surface area (Å²) >= 11 is 0. The standard InChI is InChI=1S/C20H31N3O2/c1-2-11-23(18-7-8-18)20(25)21-14-16-5-3-4-6-17(16)15-22-12-9-19(24)10-13-22/h3-6,18-19,24H,2,7-15H2,1H3,(H,21,25). The first-order valence-corrected chi connectivity index (χ1v) is 9.69. The maximum atomic E-state index is 12.5. The normalized spacial score (nSPS) is 19.0. The number of rotatable bonds is 7. The van der Waals surface area contributed by atoms with E-state index < -0.39 is 0 Å². The summed E-state index contributed by atoms with van der Waals surface area (Å²) in [6, 6.07) is 8.88. The number of urea groups is 1. The topological polar surface area (TPSA) is 55.8 Å². The number of hydrogen-bond acceptors (Lipinski definition) is 3. The molecule has 3 rings (SSSR count). The Morgan fingerprint density at radius 1 is 1.20 bits per heavy atom. The fourth-order valence-electron chi connectivity index (χ4n) is 3.55. The lowest BCUT2D eigenvalue weighted by Crippen LogP contribution is -2.41. The third-order valence-electron chi connectivity index (χ3n) is 5.21. The van der Waals surface area contributed by atoms with Gasteiger partial charge in [-0.3, -0.25) is 4.90 Å². The van der Waals surface area contributed by atoms with Gasteiger partial charge in [-0.2, -0.15) is 0 Å². The van der Waals surface area contributed by atoms with Crippen LogP contribution in [0.5, 0.6) is 0 Å². The van der Waals surface area contributed by atoms with E-state index in [1.807, 2.05) is 11.0 Å². The van der Waals surface area contributed by atoms with E-state index in [2.05, 4.69) is 35.3 Å². The van der Waals surface area contributed by atoms with Crippen molar-refractivity contribution >= 4 is 6.03 Å². The highest BCUT2D eigenvalue weighted by Gasteiger charge is 2.31. The summed E-state index contributed by atoms with van der Waals surface area (Å²) in [5, 5.41) is 12.8. The van der Waals surface area contributed by atoms with E-state index in [0.29, 0.717) is 12.6 Å². The van der Waals surface area contributed by atoms with Crippen molar-refractivity contribution in [2.24, 2.45) is 0 Å². The van der Waals surface area contributed by atoms with Crippen molar-refractivity contribution in [2.75, 3.05) is 19.6 Å². The van der Waals surface area contributed by atoms with Crippen molar-refractivity contribution in [2.45, 2.75) is 64.3 Å². The summed E-state index contributed by atoms with van der Waals surface area (Å²) in [5.41, 5.74) is 2.46. The molecule has 0 unspecified atom stereocenters. The zero-order chi connectivity index (χ0) is 17.6. The van der Waals surface area contributed by atoms with Crippen LogP contribution in [0.1, 0.15) is 50.2 Å². The molecule has 0 spiro atoms. The zero-order valence-corrected chi connectivity index (χ0v) is 15.3. The number of amides is 2. The number of piperidine rings is 1. The highest BCUT2D eigenvalue weighted by molar-refractivity contribution is 5.75. The highest BCUT2D eigenvalue weighted by atomic mass is 16.3. The van der Waals surface area contributed by atoms with Gasteiger partial charge in [-0.25, -0.2) is 4.79 Å². The van der Waals surface area contributed by atoms with Gasteiger partial charge in [0.1, 0.15) is 0 Å². The average molecular weight is 345 g/mol. The first-order valence-electron chi connectivity index (χ1n) is 9.69. The second kappa shape index (κ2) is 8.68. The van der Waals surface area contributed by atoms with Crippen molar-refractivity contribution in [1.82, 2.24) is 15.1 Å². The molecular weight excluding hydrogens is 314 g/mol. The van der Waals surface area contributed by atoms with E-state index in [1.165, 1.54) is 11.1 Å². The minimum atomic E-state index is -0.141. The largest absolute Gasteiger partial charge is 0.393 e. The number of aliphatic hydroxyl groups excluding tert-OH is 1. The Kier molecular flexibility index (Phi) is 6.32. The van der Waals surface area contributed by atoms with Gasteiger partial charge < -0.3 is 15.3 Å². The van der Waals surface area contributed by atoms with Crippen molar-refractivity contribution in [1.29, 1.82) is 0 Å². The van der Waals surface area contributed by atoms with Gasteiger partial charge in [0.25, 0.3) is 0 Å². The van der Waals surface area contributed by atoms with Crippen molar-refractivity contribution < 1.29 is 9.90 Å². The number of aliphatic hydroxyl groups is 1. The highest BCUT2D eigenvalue weighted by Crippen LogP contribution is 2.27. The van der Waals surface area contributed by atoms with Crippen LogP contribution < -0.4 is 5.32 Å². The van der Waals surface area contributed by atoms with Crippen LogP contribution in [-0.2, 0) is 13.1 Å². The molecule has 1 aromatic rings. The van der Waals surface area contributed by atoms with Crippen molar-refractivity contribution in [3.63, 3.8) is 0 Å². The first-order chi connectivity index (χ1) is 12.2. The molecule has 2 aliphatic rings. The summed E-state index contributed by atoms with van der Waals surface area (Å²) < 4.78 is 0. The van der Waals surface area contributed by atoms with Crippen LogP contribution in [0, 0.1) is 0 Å². The van der Waals surface area contributed by atoms with Gasteiger partial charge in [-0.15, -0.1) is 0 Å². The molecule has 0 bridgehead atoms. The smallest absolute Gasteiger partial charge is 0.317 e. The number of carbonyl (C=O) groups is 1. The van der Waals surface area contributed by atoms with Crippen LogP contribution in [-0.4, -0.2) is 52.7 Å². The Bertz CT molecular complexity index is 566. The molecule has 1 aliphatic carbocycles. The fourth-order valence-corrected chi connectivity index (χ4v) is 3.55. The van der Waals surface area contributed by atoms with Crippen LogP contribution >= 0.6 is 0 Å². The van der Waals surface area contributed by atoms with E-state index >= 15 is 0 Å². The molecule has 0 aromatic heterocycles. The lowest BCUT2D eigenvalue weighted by atomic mass is 10.0. The summed E-state index contributed by atoms with van der Waals surface area (Å²) in [6.07, 6.45) is 4.85. The lowest BCUT2D eigenvalue weighted by molar-refractivity contribution is 0.0791. The molecule has 25 heavy (non-hydrogen) atoms. The van der Waals surface area contributed by atoms with Gasteiger partial charge in [0.15, 0.2) is 0 Å². The predicted molar refractivity (Wildman–Crippen MR) is 99.2 cm³/mol. The quantitative estimate of drug-likeness (QED) is 0.799. The molecule has 1 saturated carbocycles.